The van der Waals surface area contributed by atoms with Crippen LogP contribution in [0.15, 0.2) is 182 Å². The van der Waals surface area contributed by atoms with Crippen LogP contribution >= 0.6 is 0 Å². The lowest BCUT2D eigenvalue weighted by Gasteiger charge is -2.42. The van der Waals surface area contributed by atoms with Crippen LogP contribution in [0.2, 0.25) is 0 Å². The van der Waals surface area contributed by atoms with Gasteiger partial charge in [-0.25, -0.2) is 0 Å². The lowest BCUT2D eigenvalue weighted by atomic mass is 9.70. The van der Waals surface area contributed by atoms with E-state index >= 15 is 4.79 Å². The van der Waals surface area contributed by atoms with Crippen molar-refractivity contribution in [1.82, 2.24) is 0 Å². The number of anilines is 2. The zero-order valence-corrected chi connectivity index (χ0v) is 29.1. The predicted molar refractivity (Wildman–Crippen MR) is 208 cm³/mol. The Bertz CT molecular complexity index is 1880. The highest BCUT2D eigenvalue weighted by Gasteiger charge is 2.54. The van der Waals surface area contributed by atoms with Crippen molar-refractivity contribution in [3.8, 4) is 0 Å². The Labute approximate surface area is 306 Å². The van der Waals surface area contributed by atoms with E-state index in [1.165, 1.54) is 0 Å². The maximum atomic E-state index is 16.3. The first-order valence-electron chi connectivity index (χ1n) is 18.4. The molecule has 2 saturated heterocycles. The summed E-state index contributed by atoms with van der Waals surface area (Å²) in [6.45, 7) is 0. The van der Waals surface area contributed by atoms with Crippen LogP contribution in [-0.4, -0.2) is 40.5 Å². The highest BCUT2D eigenvalue weighted by Crippen LogP contribution is 2.51. The second-order valence-electron chi connectivity index (χ2n) is 14.1. The number of Topliss-reactive ketones (excluding diaryl/α,β-unsaturated/α-hetero) is 1. The Hall–Kier alpha value is -5.49. The topological polar surface area (TPSA) is 64.0 Å². The minimum Gasteiger partial charge on any atom is -0.374 e. The van der Waals surface area contributed by atoms with E-state index in [1.807, 2.05) is 133 Å². The number of nitrogens with zero attached hydrogens (tertiary/aromatic N) is 2. The Balaban J connectivity index is 1.35. The fourth-order valence-corrected chi connectivity index (χ4v) is 9.06. The highest BCUT2D eigenvalue weighted by molar-refractivity contribution is 5.95. The Morgan fingerprint density at radius 3 is 1.06 bits per heavy atom. The zero-order chi connectivity index (χ0) is 35.4. The molecule has 2 aliphatic heterocycles. The monoisotopic (exact) mass is 684 g/mol. The summed E-state index contributed by atoms with van der Waals surface area (Å²) in [7, 11) is 0. The van der Waals surface area contributed by atoms with Crippen molar-refractivity contribution in [2.45, 2.75) is 61.1 Å². The van der Waals surface area contributed by atoms with E-state index in [2.05, 4.69) is 58.3 Å². The number of carbonyl (C=O) groups is 1. The van der Waals surface area contributed by atoms with Gasteiger partial charge in [0.2, 0.25) is 0 Å². The molecule has 2 unspecified atom stereocenters. The van der Waals surface area contributed by atoms with Gasteiger partial charge >= 0.3 is 0 Å². The van der Waals surface area contributed by atoms with Crippen molar-refractivity contribution in [2.24, 2.45) is 0 Å². The molecule has 5 nitrogen and oxygen atoms in total. The number of para-hydroxylation sites is 2. The molecule has 0 aliphatic carbocycles. The predicted octanol–water partition coefficient (Wildman–Crippen LogP) is 8.89. The van der Waals surface area contributed by atoms with E-state index in [9.17, 15) is 10.2 Å². The summed E-state index contributed by atoms with van der Waals surface area (Å²) in [5.74, 6) is -1.45. The van der Waals surface area contributed by atoms with Crippen LogP contribution in [0.25, 0.3) is 0 Å². The van der Waals surface area contributed by atoms with Gasteiger partial charge in [0, 0.05) is 36.1 Å². The second-order valence-corrected chi connectivity index (χ2v) is 14.1. The van der Waals surface area contributed by atoms with E-state index in [-0.39, 0.29) is 17.6 Å². The Kier molecular flexibility index (Phi) is 9.71. The smallest absolute Gasteiger partial charge is 0.151 e. The molecule has 0 radical (unpaired) electrons. The van der Waals surface area contributed by atoms with Crippen LogP contribution in [-0.2, 0) is 4.79 Å². The van der Waals surface area contributed by atoms with Gasteiger partial charge in [0.15, 0.2) is 5.78 Å². The van der Waals surface area contributed by atoms with Crippen molar-refractivity contribution >= 4 is 17.2 Å². The molecule has 0 bridgehead atoms. The van der Waals surface area contributed by atoms with Gasteiger partial charge in [0.25, 0.3) is 0 Å². The maximum absolute atomic E-state index is 16.3. The number of hydrogen-bond acceptors (Lipinski definition) is 5. The number of ketones is 1. The van der Waals surface area contributed by atoms with Crippen molar-refractivity contribution in [2.75, 3.05) is 9.80 Å². The summed E-state index contributed by atoms with van der Waals surface area (Å²) < 4.78 is 0. The minimum atomic E-state index is -0.794. The molecule has 0 aromatic heterocycles. The van der Waals surface area contributed by atoms with Crippen LogP contribution in [0, 0.1) is 0 Å². The molecule has 5 heteroatoms. The van der Waals surface area contributed by atoms with Gasteiger partial charge in [-0.1, -0.05) is 158 Å². The van der Waals surface area contributed by atoms with Gasteiger partial charge in [0.05, 0.1) is 23.9 Å². The van der Waals surface area contributed by atoms with E-state index in [0.717, 1.165) is 33.6 Å². The fraction of sp³-hybridized carbons (Fsp3) is 0.213. The summed E-state index contributed by atoms with van der Waals surface area (Å²) in [5, 5.41) is 24.0. The van der Waals surface area contributed by atoms with Gasteiger partial charge in [-0.3, -0.25) is 4.79 Å². The molecule has 0 spiro atoms. The first kappa shape index (κ1) is 33.6. The molecule has 6 aromatic rings. The molecular formula is C47H44N2O3. The number of rotatable bonds is 10. The standard InChI is InChI=1S/C47H44N2O3/c50-41-31-39(33-19-7-1-8-20-33)45(48(41)37-27-15-5-16-28-37)43(35-23-11-3-12-24-35)47(52)44(36-25-13-4-14-26-36)46-40(34-21-9-2-10-22-34)32-42(51)49(46)38-29-17-6-18-30-38/h1-30,39-46,50-51H,31-32H2/t39-,40-,41+,42+,43?,44?,45+,46+/m0/s1. The highest BCUT2D eigenvalue weighted by atomic mass is 16.3. The molecule has 6 aromatic carbocycles. The molecule has 8 atom stereocenters. The van der Waals surface area contributed by atoms with Crippen molar-refractivity contribution in [1.29, 1.82) is 0 Å². The molecular weight excluding hydrogens is 641 g/mol. The summed E-state index contributed by atoms with van der Waals surface area (Å²) in [5.41, 5.74) is 5.78. The van der Waals surface area contributed by atoms with E-state index in [1.54, 1.807) is 0 Å². The molecule has 52 heavy (non-hydrogen) atoms. The lowest BCUT2D eigenvalue weighted by molar-refractivity contribution is -0.123. The molecule has 8 rings (SSSR count). The number of aliphatic hydroxyl groups excluding tert-OH is 2. The van der Waals surface area contributed by atoms with Crippen LogP contribution in [0.5, 0.6) is 0 Å². The second kappa shape index (κ2) is 15.0. The van der Waals surface area contributed by atoms with E-state index in [0.29, 0.717) is 12.8 Å². The molecule has 2 N–H and O–H groups in total. The Morgan fingerprint density at radius 2 is 0.731 bits per heavy atom. The third-order valence-corrected chi connectivity index (χ3v) is 11.2. The van der Waals surface area contributed by atoms with Gasteiger partial charge in [-0.05, 0) is 46.5 Å². The number of aliphatic hydroxyl groups is 2. The molecule has 2 heterocycles. The van der Waals surface area contributed by atoms with Crippen LogP contribution in [0.3, 0.4) is 0 Å². The number of carbonyl (C=O) groups excluding carboxylic acids is 1. The van der Waals surface area contributed by atoms with Gasteiger partial charge in [0.1, 0.15) is 12.5 Å². The molecule has 2 fully saturated rings. The van der Waals surface area contributed by atoms with Gasteiger partial charge in [-0.15, -0.1) is 0 Å². The Morgan fingerprint density at radius 1 is 0.442 bits per heavy atom. The van der Waals surface area contributed by atoms with Crippen molar-refractivity contribution < 1.29 is 15.0 Å². The zero-order valence-electron chi connectivity index (χ0n) is 29.1. The number of hydrogen-bond donors (Lipinski definition) is 2. The quantitative estimate of drug-likeness (QED) is 0.151. The van der Waals surface area contributed by atoms with E-state index < -0.39 is 36.4 Å². The summed E-state index contributed by atoms with van der Waals surface area (Å²) >= 11 is 0. The average Bonchev–Trinajstić information content (AvgIpc) is 3.73. The minimum absolute atomic E-state index is 0.0688. The van der Waals surface area contributed by atoms with Crippen LogP contribution < -0.4 is 9.80 Å². The third-order valence-electron chi connectivity index (χ3n) is 11.2. The molecule has 0 saturated carbocycles. The summed E-state index contributed by atoms with van der Waals surface area (Å²) in [6.07, 6.45) is -0.613. The average molecular weight is 685 g/mol. The van der Waals surface area contributed by atoms with Crippen LogP contribution in [0.1, 0.15) is 58.8 Å². The lowest BCUT2D eigenvalue weighted by Crippen LogP contribution is -2.49. The summed E-state index contributed by atoms with van der Waals surface area (Å²) in [4.78, 5) is 20.5. The van der Waals surface area contributed by atoms with Crippen molar-refractivity contribution in [3.63, 3.8) is 0 Å². The maximum Gasteiger partial charge on any atom is 0.151 e. The number of benzene rings is 6. The molecule has 260 valence electrons. The largest absolute Gasteiger partial charge is 0.374 e. The first-order chi connectivity index (χ1) is 25.6. The van der Waals surface area contributed by atoms with Crippen LogP contribution in [0.4, 0.5) is 11.4 Å². The normalized spacial score (nSPS) is 24.0. The van der Waals surface area contributed by atoms with Gasteiger partial charge < -0.3 is 20.0 Å². The summed E-state index contributed by atoms with van der Waals surface area (Å²) in [6, 6.07) is 60.2. The third kappa shape index (κ3) is 6.43. The van der Waals surface area contributed by atoms with Crippen molar-refractivity contribution in [3.05, 3.63) is 204 Å². The molecule has 2 aliphatic rings. The first-order valence-corrected chi connectivity index (χ1v) is 18.4. The molecule has 0 amide bonds. The van der Waals surface area contributed by atoms with E-state index in [4.69, 9.17) is 0 Å². The SMILES string of the molecule is O=C(C(c1ccccc1)[C@H]1[C@H](c2ccccc2)C[C@@H](O)N1c1ccccc1)C(c1ccccc1)[C@H]1[C@H](c2ccccc2)C[C@@H](O)N1c1ccccc1. The fourth-order valence-electron chi connectivity index (χ4n) is 9.06. The van der Waals surface area contributed by atoms with Gasteiger partial charge in [-0.2, -0.15) is 0 Å².